The molecule has 0 spiro atoms. The van der Waals surface area contributed by atoms with Gasteiger partial charge in [-0.15, -0.1) is 36.2 Å². The highest BCUT2D eigenvalue weighted by atomic mass is 35.5. The van der Waals surface area contributed by atoms with Crippen LogP contribution >= 0.6 is 36.2 Å². The Kier molecular flexibility index (Phi) is 12.7. The van der Waals surface area contributed by atoms with Crippen LogP contribution in [0, 0.1) is 5.82 Å². The number of unbranched alkanes of at least 4 members (excludes halogenated alkanes) is 1. The number of halogens is 3. The van der Waals surface area contributed by atoms with Gasteiger partial charge in [-0.05, 0) is 61.9 Å². The topological polar surface area (TPSA) is 53.2 Å². The highest BCUT2D eigenvalue weighted by Crippen LogP contribution is 2.26. The van der Waals surface area contributed by atoms with Gasteiger partial charge < -0.3 is 16.0 Å². The Labute approximate surface area is 189 Å². The second-order valence-electron chi connectivity index (χ2n) is 7.29. The molecule has 1 aromatic carbocycles. The number of thiophene rings is 1. The lowest BCUT2D eigenvalue weighted by atomic mass is 9.95. The molecule has 0 saturated heterocycles. The summed E-state index contributed by atoms with van der Waals surface area (Å²) in [5, 5.41) is 10.8. The minimum Gasteiger partial charge on any atom is -0.351 e. The molecule has 164 valence electrons. The number of amides is 1. The maximum atomic E-state index is 13.2. The molecule has 4 nitrogen and oxygen atoms in total. The van der Waals surface area contributed by atoms with Crippen molar-refractivity contribution >= 4 is 52.1 Å². The average molecular weight is 464 g/mol. The number of hydrogen-bond donors (Lipinski definition) is 3. The van der Waals surface area contributed by atoms with Gasteiger partial charge >= 0.3 is 0 Å². The normalized spacial score (nSPS) is 14.2. The third-order valence-electron chi connectivity index (χ3n) is 5.11. The molecule has 1 saturated carbocycles. The molecule has 3 N–H and O–H groups in total. The van der Waals surface area contributed by atoms with Crippen LogP contribution in [0.25, 0.3) is 10.1 Å². The number of carbonyl (C=O) groups excluding carboxylic acids is 1. The first-order chi connectivity index (χ1) is 13.2. The molecule has 0 atom stereocenters. The Bertz CT molecular complexity index is 738. The van der Waals surface area contributed by atoms with E-state index in [0.29, 0.717) is 11.4 Å². The molecule has 8 heteroatoms. The molecule has 1 fully saturated rings. The van der Waals surface area contributed by atoms with Crippen LogP contribution in [-0.2, 0) is 0 Å². The third-order valence-corrected chi connectivity index (χ3v) is 6.22. The Hall–Kier alpha value is -0.920. The Morgan fingerprint density at radius 1 is 1.00 bits per heavy atom. The smallest absolute Gasteiger partial charge is 0.261 e. The highest BCUT2D eigenvalue weighted by molar-refractivity contribution is 7.20. The molecule has 0 unspecified atom stereocenters. The first kappa shape index (κ1) is 26.1. The number of fused-ring (bicyclic) bond motifs is 1. The second-order valence-corrected chi connectivity index (χ2v) is 8.38. The fraction of sp³-hybridized carbons (Fsp3) is 0.571. The minimum absolute atomic E-state index is 0. The average Bonchev–Trinajstić information content (AvgIpc) is 3.10. The van der Waals surface area contributed by atoms with Gasteiger partial charge in [-0.25, -0.2) is 4.39 Å². The summed E-state index contributed by atoms with van der Waals surface area (Å²) in [4.78, 5) is 12.8. The van der Waals surface area contributed by atoms with Gasteiger partial charge in [0.05, 0.1) is 4.88 Å². The molecule has 1 amide bonds. The molecule has 1 aromatic heterocycles. The third kappa shape index (κ3) is 8.77. The molecule has 1 aliphatic rings. The van der Waals surface area contributed by atoms with Crippen LogP contribution in [-0.4, -0.2) is 38.1 Å². The van der Waals surface area contributed by atoms with E-state index in [1.807, 2.05) is 0 Å². The van der Waals surface area contributed by atoms with Crippen LogP contribution in [0.2, 0.25) is 0 Å². The quantitative estimate of drug-likeness (QED) is 0.438. The zero-order valence-corrected chi connectivity index (χ0v) is 19.1. The van der Waals surface area contributed by atoms with Crippen molar-refractivity contribution < 1.29 is 9.18 Å². The summed E-state index contributed by atoms with van der Waals surface area (Å²) in [5.41, 5.74) is 0. The molecular weight excluding hydrogens is 432 g/mol. The SMILES string of the molecule is Cl.Cl.O=C(NCCCCNCCNC1CCCCC1)c1cc2cc(F)ccc2s1. The predicted molar refractivity (Wildman–Crippen MR) is 126 cm³/mol. The van der Waals surface area contributed by atoms with Gasteiger partial charge in [0.25, 0.3) is 5.91 Å². The molecule has 1 heterocycles. The minimum atomic E-state index is -0.270. The Balaban J connectivity index is 0.00000210. The summed E-state index contributed by atoms with van der Waals surface area (Å²) in [6.45, 7) is 3.68. The summed E-state index contributed by atoms with van der Waals surface area (Å²) in [7, 11) is 0. The van der Waals surface area contributed by atoms with E-state index in [-0.39, 0.29) is 36.5 Å². The Morgan fingerprint density at radius 2 is 1.76 bits per heavy atom. The van der Waals surface area contributed by atoms with Crippen molar-refractivity contribution in [2.24, 2.45) is 0 Å². The summed E-state index contributed by atoms with van der Waals surface area (Å²) < 4.78 is 14.2. The van der Waals surface area contributed by atoms with Crippen LogP contribution in [0.1, 0.15) is 54.6 Å². The maximum Gasteiger partial charge on any atom is 0.261 e. The standard InChI is InChI=1S/C21H30FN3OS.2ClH/c22-17-8-9-19-16(14-17)15-20(27-19)21(26)25-11-5-4-10-23-12-13-24-18-6-2-1-3-7-18;;/h8-9,14-15,18,23-24H,1-7,10-13H2,(H,25,26);2*1H. The number of benzene rings is 1. The fourth-order valence-corrected chi connectivity index (χ4v) is 4.55. The van der Waals surface area contributed by atoms with E-state index < -0.39 is 0 Å². The number of hydrogen-bond acceptors (Lipinski definition) is 4. The van der Waals surface area contributed by atoms with E-state index in [4.69, 9.17) is 0 Å². The molecule has 3 rings (SSSR count). The van der Waals surface area contributed by atoms with Crippen molar-refractivity contribution in [3.8, 4) is 0 Å². The molecule has 29 heavy (non-hydrogen) atoms. The van der Waals surface area contributed by atoms with E-state index in [1.54, 1.807) is 12.1 Å². The van der Waals surface area contributed by atoms with Gasteiger partial charge in [-0.2, -0.15) is 0 Å². The van der Waals surface area contributed by atoms with Crippen LogP contribution in [0.15, 0.2) is 24.3 Å². The predicted octanol–water partition coefficient (Wildman–Crippen LogP) is 4.91. The number of carbonyl (C=O) groups is 1. The first-order valence-electron chi connectivity index (χ1n) is 10.1. The van der Waals surface area contributed by atoms with E-state index in [9.17, 15) is 9.18 Å². The molecule has 0 radical (unpaired) electrons. The van der Waals surface area contributed by atoms with E-state index in [0.717, 1.165) is 48.6 Å². The summed E-state index contributed by atoms with van der Waals surface area (Å²) in [6, 6.07) is 7.11. The van der Waals surface area contributed by atoms with Crippen LogP contribution in [0.5, 0.6) is 0 Å². The maximum absolute atomic E-state index is 13.2. The van der Waals surface area contributed by atoms with Gasteiger partial charge in [0.1, 0.15) is 5.82 Å². The lowest BCUT2D eigenvalue weighted by Crippen LogP contribution is -2.36. The molecule has 0 aliphatic heterocycles. The molecule has 2 aromatic rings. The molecule has 1 aliphatic carbocycles. The van der Waals surface area contributed by atoms with Crippen molar-refractivity contribution in [3.05, 3.63) is 35.0 Å². The summed E-state index contributed by atoms with van der Waals surface area (Å²) in [5.74, 6) is -0.338. The van der Waals surface area contributed by atoms with Gasteiger partial charge in [-0.1, -0.05) is 19.3 Å². The zero-order valence-electron chi connectivity index (χ0n) is 16.7. The lowest BCUT2D eigenvalue weighted by Gasteiger charge is -2.22. The van der Waals surface area contributed by atoms with Crippen molar-refractivity contribution in [3.63, 3.8) is 0 Å². The van der Waals surface area contributed by atoms with Crippen molar-refractivity contribution in [1.82, 2.24) is 16.0 Å². The fourth-order valence-electron chi connectivity index (χ4n) is 3.59. The molecule has 0 bridgehead atoms. The van der Waals surface area contributed by atoms with E-state index in [2.05, 4.69) is 16.0 Å². The Morgan fingerprint density at radius 3 is 2.55 bits per heavy atom. The monoisotopic (exact) mass is 463 g/mol. The first-order valence-corrected chi connectivity index (χ1v) is 11.0. The number of nitrogens with one attached hydrogen (secondary N) is 3. The largest absolute Gasteiger partial charge is 0.351 e. The number of rotatable bonds is 10. The van der Waals surface area contributed by atoms with E-state index in [1.165, 1.54) is 55.6 Å². The van der Waals surface area contributed by atoms with Gasteiger partial charge in [0.15, 0.2) is 0 Å². The van der Waals surface area contributed by atoms with Gasteiger partial charge in [-0.3, -0.25) is 4.79 Å². The zero-order chi connectivity index (χ0) is 18.9. The summed E-state index contributed by atoms with van der Waals surface area (Å²) >= 11 is 1.41. The summed E-state index contributed by atoms with van der Waals surface area (Å²) in [6.07, 6.45) is 8.79. The van der Waals surface area contributed by atoms with Crippen LogP contribution < -0.4 is 16.0 Å². The molecular formula is C21H32Cl2FN3OS. The van der Waals surface area contributed by atoms with Crippen molar-refractivity contribution in [2.75, 3.05) is 26.2 Å². The van der Waals surface area contributed by atoms with Crippen molar-refractivity contribution in [1.29, 1.82) is 0 Å². The van der Waals surface area contributed by atoms with Crippen LogP contribution in [0.4, 0.5) is 4.39 Å². The van der Waals surface area contributed by atoms with Crippen LogP contribution in [0.3, 0.4) is 0 Å². The lowest BCUT2D eigenvalue weighted by molar-refractivity contribution is 0.0957. The van der Waals surface area contributed by atoms with E-state index >= 15 is 0 Å². The highest BCUT2D eigenvalue weighted by Gasteiger charge is 2.12. The second kappa shape index (κ2) is 14.1. The van der Waals surface area contributed by atoms with Gasteiger partial charge in [0, 0.05) is 30.4 Å². The van der Waals surface area contributed by atoms with Gasteiger partial charge in [0.2, 0.25) is 0 Å². The van der Waals surface area contributed by atoms with Crippen molar-refractivity contribution in [2.45, 2.75) is 51.0 Å².